The first-order valence-electron chi connectivity index (χ1n) is 11.5. The highest BCUT2D eigenvalue weighted by Crippen LogP contribution is 2.32. The van der Waals surface area contributed by atoms with E-state index in [0.29, 0.717) is 34.4 Å². The van der Waals surface area contributed by atoms with Crippen LogP contribution in [-0.4, -0.2) is 54.4 Å². The number of aromatic amines is 1. The van der Waals surface area contributed by atoms with E-state index in [4.69, 9.17) is 9.73 Å². The van der Waals surface area contributed by atoms with Gasteiger partial charge in [0, 0.05) is 31.1 Å². The Morgan fingerprint density at radius 1 is 1.08 bits per heavy atom. The van der Waals surface area contributed by atoms with Crippen LogP contribution < -0.4 is 5.32 Å². The second-order valence-electron chi connectivity index (χ2n) is 8.81. The number of H-pyrrole nitrogens is 1. The number of aromatic hydroxyl groups is 1. The summed E-state index contributed by atoms with van der Waals surface area (Å²) in [6.45, 7) is 1.10. The predicted octanol–water partition coefficient (Wildman–Crippen LogP) is 4.51. The van der Waals surface area contributed by atoms with Gasteiger partial charge in [0.15, 0.2) is 5.88 Å². The van der Waals surface area contributed by atoms with Crippen LogP contribution >= 0.6 is 0 Å². The molecule has 0 saturated heterocycles. The molecule has 1 aromatic heterocycles. The molecule has 0 bridgehead atoms. The van der Waals surface area contributed by atoms with Gasteiger partial charge in [0.1, 0.15) is 12.4 Å². The van der Waals surface area contributed by atoms with E-state index in [2.05, 4.69) is 15.2 Å². The Morgan fingerprint density at radius 3 is 2.58 bits per heavy atom. The Hall–Kier alpha value is -4.01. The topological polar surface area (TPSA) is 89.9 Å². The van der Waals surface area contributed by atoms with Gasteiger partial charge >= 0.3 is 0 Å². The van der Waals surface area contributed by atoms with Crippen LogP contribution in [0.2, 0.25) is 0 Å². The van der Waals surface area contributed by atoms with Crippen LogP contribution in [0.15, 0.2) is 71.7 Å². The fraction of sp³-hybridized carbons (Fsp3) is 0.214. The number of carbonyl (C=O) groups excluding carboxylic acids is 1. The number of nitrogens with one attached hydrogen (secondary N) is 2. The lowest BCUT2D eigenvalue weighted by atomic mass is 9.99. The maximum Gasteiger partial charge on any atom is 0.246 e. The number of fused-ring (bicyclic) bond motifs is 1. The van der Waals surface area contributed by atoms with Crippen molar-refractivity contribution in [3.05, 3.63) is 94.8 Å². The quantitative estimate of drug-likeness (QED) is 0.303. The first kappa shape index (κ1) is 25.1. The van der Waals surface area contributed by atoms with Crippen molar-refractivity contribution in [3.8, 4) is 5.88 Å². The van der Waals surface area contributed by atoms with Crippen LogP contribution in [0.25, 0.3) is 10.9 Å². The normalized spacial score (nSPS) is 11.9. The van der Waals surface area contributed by atoms with Crippen LogP contribution in [0, 0.1) is 5.82 Å². The second kappa shape index (κ2) is 11.2. The van der Waals surface area contributed by atoms with Gasteiger partial charge < -0.3 is 25.0 Å². The van der Waals surface area contributed by atoms with Gasteiger partial charge in [-0.15, -0.1) is 0 Å². The van der Waals surface area contributed by atoms with Crippen molar-refractivity contribution < 1.29 is 19.0 Å². The molecule has 3 N–H and O–H groups in total. The fourth-order valence-electron chi connectivity index (χ4n) is 4.04. The number of ether oxygens (including phenoxy) is 1. The van der Waals surface area contributed by atoms with E-state index >= 15 is 0 Å². The largest absolute Gasteiger partial charge is 0.494 e. The summed E-state index contributed by atoms with van der Waals surface area (Å²) in [5.41, 5.74) is 4.93. The molecule has 4 rings (SSSR count). The monoisotopic (exact) mass is 488 g/mol. The smallest absolute Gasteiger partial charge is 0.246 e. The lowest BCUT2D eigenvalue weighted by Crippen LogP contribution is -2.26. The highest BCUT2D eigenvalue weighted by atomic mass is 19.1. The number of halogens is 1. The number of aromatic nitrogens is 1. The molecule has 0 radical (unpaired) electrons. The molecule has 4 aromatic rings. The summed E-state index contributed by atoms with van der Waals surface area (Å²) < 4.78 is 18.7. The van der Waals surface area contributed by atoms with Crippen molar-refractivity contribution in [1.82, 2.24) is 15.2 Å². The molecule has 7 nitrogen and oxygen atoms in total. The highest BCUT2D eigenvalue weighted by molar-refractivity contribution is 6.21. The predicted molar refractivity (Wildman–Crippen MR) is 139 cm³/mol. The summed E-state index contributed by atoms with van der Waals surface area (Å²) in [5, 5.41) is 14.3. The summed E-state index contributed by atoms with van der Waals surface area (Å²) in [5.74, 6) is -0.720. The third-order valence-electron chi connectivity index (χ3n) is 5.62. The molecule has 0 aliphatic heterocycles. The molecule has 0 aliphatic carbocycles. The maximum atomic E-state index is 13.9. The minimum absolute atomic E-state index is 0.0179. The van der Waals surface area contributed by atoms with E-state index in [1.165, 1.54) is 19.2 Å². The van der Waals surface area contributed by atoms with Gasteiger partial charge in [-0.05, 0) is 61.6 Å². The third-order valence-corrected chi connectivity index (χ3v) is 5.62. The number of amides is 1. The summed E-state index contributed by atoms with van der Waals surface area (Å²) in [6.07, 6.45) is 0. The van der Waals surface area contributed by atoms with E-state index in [1.54, 1.807) is 6.07 Å². The van der Waals surface area contributed by atoms with Crippen molar-refractivity contribution in [3.63, 3.8) is 0 Å². The number of benzene rings is 3. The van der Waals surface area contributed by atoms with Gasteiger partial charge in [0.25, 0.3) is 0 Å². The Kier molecular flexibility index (Phi) is 7.77. The van der Waals surface area contributed by atoms with E-state index in [-0.39, 0.29) is 18.4 Å². The van der Waals surface area contributed by atoms with Crippen molar-refractivity contribution in [2.75, 3.05) is 27.8 Å². The average molecular weight is 489 g/mol. The first-order valence-corrected chi connectivity index (χ1v) is 11.5. The molecular formula is C28H29FN4O3. The van der Waals surface area contributed by atoms with Gasteiger partial charge in [-0.25, -0.2) is 9.38 Å². The van der Waals surface area contributed by atoms with Crippen molar-refractivity contribution in [2.45, 2.75) is 13.1 Å². The molecule has 8 heteroatoms. The standard InChI is InChI=1S/C28H29FN4O3/c1-33(2)16-18-7-10-22(11-8-18)31-27(26-23-12-9-21(29)14-24(23)32-28(26)35)20-6-4-5-19(13-20)15-30-25(34)17-36-3/h4-14,32,35H,15-17H2,1-3H3,(H,30,34). The minimum atomic E-state index is -0.404. The molecule has 36 heavy (non-hydrogen) atoms. The van der Waals surface area contributed by atoms with E-state index < -0.39 is 5.82 Å². The number of aliphatic imine (C=N–C) groups is 1. The molecule has 186 valence electrons. The van der Waals surface area contributed by atoms with E-state index in [1.807, 2.05) is 62.6 Å². The molecule has 3 aromatic carbocycles. The van der Waals surface area contributed by atoms with Crippen LogP contribution in [-0.2, 0) is 22.6 Å². The van der Waals surface area contributed by atoms with Crippen LogP contribution in [0.5, 0.6) is 5.88 Å². The molecule has 0 aliphatic rings. The molecule has 0 spiro atoms. The van der Waals surface area contributed by atoms with E-state index in [0.717, 1.165) is 23.2 Å². The molecule has 0 saturated carbocycles. The number of methoxy groups -OCH3 is 1. The van der Waals surface area contributed by atoms with Crippen LogP contribution in [0.3, 0.4) is 0 Å². The van der Waals surface area contributed by atoms with Gasteiger partial charge in [0.05, 0.1) is 22.5 Å². The van der Waals surface area contributed by atoms with Crippen molar-refractivity contribution >= 4 is 28.2 Å². The van der Waals surface area contributed by atoms with Gasteiger partial charge in [0.2, 0.25) is 5.91 Å². The van der Waals surface area contributed by atoms with E-state index in [9.17, 15) is 14.3 Å². The highest BCUT2D eigenvalue weighted by Gasteiger charge is 2.19. The fourth-order valence-corrected chi connectivity index (χ4v) is 4.04. The number of rotatable bonds is 9. The number of carbonyl (C=O) groups is 1. The molecule has 1 heterocycles. The van der Waals surface area contributed by atoms with Crippen LogP contribution in [0.1, 0.15) is 22.3 Å². The third kappa shape index (κ3) is 5.97. The Labute approximate surface area is 209 Å². The molecule has 1 amide bonds. The molecular weight excluding hydrogens is 459 g/mol. The average Bonchev–Trinajstić information content (AvgIpc) is 3.16. The van der Waals surface area contributed by atoms with Gasteiger partial charge in [-0.1, -0.05) is 30.3 Å². The number of hydrogen-bond donors (Lipinski definition) is 3. The summed E-state index contributed by atoms with van der Waals surface area (Å²) in [4.78, 5) is 21.7. The summed E-state index contributed by atoms with van der Waals surface area (Å²) >= 11 is 0. The van der Waals surface area contributed by atoms with Crippen LogP contribution in [0.4, 0.5) is 10.1 Å². The van der Waals surface area contributed by atoms with Crippen molar-refractivity contribution in [1.29, 1.82) is 0 Å². The minimum Gasteiger partial charge on any atom is -0.494 e. The first-order chi connectivity index (χ1) is 17.3. The zero-order valence-electron chi connectivity index (χ0n) is 20.5. The summed E-state index contributed by atoms with van der Waals surface area (Å²) in [7, 11) is 5.49. The second-order valence-corrected chi connectivity index (χ2v) is 8.81. The molecule has 0 atom stereocenters. The Bertz CT molecular complexity index is 1390. The van der Waals surface area contributed by atoms with Gasteiger partial charge in [-0.2, -0.15) is 0 Å². The Morgan fingerprint density at radius 2 is 1.86 bits per heavy atom. The van der Waals surface area contributed by atoms with Crippen molar-refractivity contribution in [2.24, 2.45) is 4.99 Å². The lowest BCUT2D eigenvalue weighted by Gasteiger charge is -2.12. The number of nitrogens with zero attached hydrogens (tertiary/aromatic N) is 2. The molecule has 0 unspecified atom stereocenters. The zero-order valence-corrected chi connectivity index (χ0v) is 20.5. The molecule has 0 fully saturated rings. The SMILES string of the molecule is COCC(=O)NCc1cccc(C(=Nc2ccc(CN(C)C)cc2)c2c(O)[nH]c3cc(F)ccc23)c1. The summed E-state index contributed by atoms with van der Waals surface area (Å²) in [6, 6.07) is 19.8. The zero-order chi connectivity index (χ0) is 25.7. The van der Waals surface area contributed by atoms with Gasteiger partial charge in [-0.3, -0.25) is 4.79 Å². The lowest BCUT2D eigenvalue weighted by molar-refractivity contribution is -0.124. The number of hydrogen-bond acceptors (Lipinski definition) is 5. The maximum absolute atomic E-state index is 13.9. The Balaban J connectivity index is 1.79.